The molecule has 0 heterocycles. The molecule has 1 radical (unpaired) electrons. The van der Waals surface area contributed by atoms with Crippen molar-refractivity contribution in [3.63, 3.8) is 0 Å². The zero-order valence-corrected chi connectivity index (χ0v) is 15.8. The van der Waals surface area contributed by atoms with Gasteiger partial charge in [-0.2, -0.15) is 0 Å². The zero-order chi connectivity index (χ0) is 20.0. The maximum absolute atomic E-state index is 11.4. The molecule has 0 bridgehead atoms. The Morgan fingerprint density at radius 2 is 1.19 bits per heavy atom. The summed E-state index contributed by atoms with van der Waals surface area (Å²) in [6.45, 7) is 0. The summed E-state index contributed by atoms with van der Waals surface area (Å²) < 4.78 is 21.0. The third kappa shape index (κ3) is 4.35. The molecule has 0 aliphatic carbocycles. The summed E-state index contributed by atoms with van der Waals surface area (Å²) >= 11 is 5.53. The van der Waals surface area contributed by atoms with Crippen molar-refractivity contribution in [2.24, 2.45) is 10.2 Å². The van der Waals surface area contributed by atoms with Crippen molar-refractivity contribution in [3.8, 4) is 23.0 Å². The highest BCUT2D eigenvalue weighted by Gasteiger charge is 2.17. The minimum absolute atomic E-state index is 0.186. The van der Waals surface area contributed by atoms with E-state index in [1.807, 2.05) is 0 Å². The summed E-state index contributed by atoms with van der Waals surface area (Å²) in [5, 5.41) is 7.64. The van der Waals surface area contributed by atoms with Gasteiger partial charge in [-0.3, -0.25) is 9.59 Å². The number of hydrogen-bond donors (Lipinski definition) is 0. The van der Waals surface area contributed by atoms with Crippen LogP contribution in [-0.2, 0) is 4.79 Å². The van der Waals surface area contributed by atoms with Crippen LogP contribution in [0.2, 0.25) is 0 Å². The Balaban J connectivity index is 2.61. The highest BCUT2D eigenvalue weighted by atomic mass is 35.5. The highest BCUT2D eigenvalue weighted by Crippen LogP contribution is 2.43. The molecule has 0 aliphatic rings. The maximum atomic E-state index is 11.4. The largest absolute Gasteiger partial charge is 0.494 e. The number of hydrogen-bond acceptors (Lipinski definition) is 8. The second kappa shape index (κ2) is 9.00. The summed E-state index contributed by atoms with van der Waals surface area (Å²) in [4.78, 5) is 22.4. The quantitative estimate of drug-likeness (QED) is 0.499. The van der Waals surface area contributed by atoms with Gasteiger partial charge in [0.1, 0.15) is 0 Å². The van der Waals surface area contributed by atoms with E-state index < -0.39 is 5.24 Å². The Bertz CT molecular complexity index is 847. The predicted octanol–water partition coefficient (Wildman–Crippen LogP) is 3.97. The molecule has 8 nitrogen and oxygen atoms in total. The van der Waals surface area contributed by atoms with E-state index in [0.29, 0.717) is 0 Å². The third-order valence-corrected chi connectivity index (χ3v) is 3.77. The van der Waals surface area contributed by atoms with Crippen LogP contribution < -0.4 is 18.9 Å². The Morgan fingerprint density at radius 3 is 1.48 bits per heavy atom. The van der Waals surface area contributed by atoms with E-state index in [0.717, 1.165) is 0 Å². The minimum atomic E-state index is -0.667. The lowest BCUT2D eigenvalue weighted by Crippen LogP contribution is -1.95. The molecule has 2 aromatic carbocycles. The molecule has 0 aliphatic heterocycles. The van der Waals surface area contributed by atoms with Crippen molar-refractivity contribution >= 4 is 34.5 Å². The van der Waals surface area contributed by atoms with Gasteiger partial charge in [-0.05, 0) is 35.9 Å². The lowest BCUT2D eigenvalue weighted by molar-refractivity contribution is 0.108. The van der Waals surface area contributed by atoms with E-state index in [1.54, 1.807) is 6.29 Å². The Hall–Kier alpha value is -3.13. The normalized spacial score (nSPS) is 10.6. The van der Waals surface area contributed by atoms with Crippen LogP contribution in [0, 0.1) is 0 Å². The van der Waals surface area contributed by atoms with Crippen LogP contribution >= 0.6 is 11.6 Å². The van der Waals surface area contributed by atoms with Crippen LogP contribution in [0.1, 0.15) is 15.9 Å². The number of nitrogens with zero attached hydrogens (tertiary/aromatic N) is 2. The summed E-state index contributed by atoms with van der Waals surface area (Å²) in [6, 6.07) is 5.75. The first kappa shape index (κ1) is 20.2. The predicted molar refractivity (Wildman–Crippen MR) is 98.2 cm³/mol. The number of methoxy groups -OCH3 is 4. The third-order valence-electron chi connectivity index (χ3n) is 3.55. The van der Waals surface area contributed by atoms with E-state index in [1.165, 1.54) is 52.7 Å². The van der Waals surface area contributed by atoms with Crippen molar-refractivity contribution in [2.75, 3.05) is 28.4 Å². The molecule has 0 atom stereocenters. The fourth-order valence-corrected chi connectivity index (χ4v) is 2.37. The van der Waals surface area contributed by atoms with Gasteiger partial charge in [-0.25, -0.2) is 0 Å². The number of azo groups is 1. The van der Waals surface area contributed by atoms with E-state index in [-0.39, 0.29) is 45.5 Å². The molecular formula is C18H16ClN2O6. The molecule has 0 fully saturated rings. The topological polar surface area (TPSA) is 95.8 Å². The molecular weight excluding hydrogens is 376 g/mol. The minimum Gasteiger partial charge on any atom is -0.494 e. The van der Waals surface area contributed by atoms with Gasteiger partial charge in [0.2, 0.25) is 6.29 Å². The molecule has 0 saturated carbocycles. The van der Waals surface area contributed by atoms with Crippen molar-refractivity contribution in [2.45, 2.75) is 0 Å². The van der Waals surface area contributed by atoms with Gasteiger partial charge in [0.25, 0.3) is 5.24 Å². The monoisotopic (exact) mass is 391 g/mol. The van der Waals surface area contributed by atoms with Crippen molar-refractivity contribution < 1.29 is 28.5 Å². The van der Waals surface area contributed by atoms with Gasteiger partial charge < -0.3 is 18.9 Å². The first-order valence-corrected chi connectivity index (χ1v) is 7.88. The molecule has 0 N–H and O–H groups in total. The molecule has 0 aromatic heterocycles. The van der Waals surface area contributed by atoms with Crippen LogP contribution in [0.15, 0.2) is 34.5 Å². The summed E-state index contributed by atoms with van der Waals surface area (Å²) in [6.07, 6.45) is 1.76. The molecule has 2 rings (SSSR count). The molecule has 9 heteroatoms. The van der Waals surface area contributed by atoms with Crippen molar-refractivity contribution in [3.05, 3.63) is 35.4 Å². The van der Waals surface area contributed by atoms with Gasteiger partial charge in [0.15, 0.2) is 34.4 Å². The average Bonchev–Trinajstić information content (AvgIpc) is 2.70. The van der Waals surface area contributed by atoms with Crippen molar-refractivity contribution in [1.82, 2.24) is 0 Å². The molecule has 0 saturated heterocycles. The van der Waals surface area contributed by atoms with Crippen LogP contribution in [0.5, 0.6) is 23.0 Å². The maximum Gasteiger partial charge on any atom is 0.252 e. The lowest BCUT2D eigenvalue weighted by Gasteiger charge is -2.12. The average molecular weight is 392 g/mol. The molecule has 0 unspecified atom stereocenters. The van der Waals surface area contributed by atoms with Gasteiger partial charge >= 0.3 is 0 Å². The first-order chi connectivity index (χ1) is 13.0. The second-order valence-electron chi connectivity index (χ2n) is 5.03. The van der Waals surface area contributed by atoms with E-state index in [4.69, 9.17) is 30.5 Å². The number of halogens is 1. The number of rotatable bonds is 8. The smallest absolute Gasteiger partial charge is 0.252 e. The van der Waals surface area contributed by atoms with Crippen LogP contribution in [0.25, 0.3) is 0 Å². The lowest BCUT2D eigenvalue weighted by atomic mass is 10.2. The molecule has 2 aromatic rings. The number of carbonyl (C=O) groups is 1. The molecule has 0 spiro atoms. The fraction of sp³-hybridized carbons (Fsp3) is 0.222. The highest BCUT2D eigenvalue weighted by molar-refractivity contribution is 6.67. The van der Waals surface area contributed by atoms with Gasteiger partial charge in [-0.1, -0.05) is 0 Å². The second-order valence-corrected chi connectivity index (χ2v) is 5.38. The summed E-state index contributed by atoms with van der Waals surface area (Å²) in [7, 11) is 5.66. The Morgan fingerprint density at radius 1 is 0.815 bits per heavy atom. The van der Waals surface area contributed by atoms with Crippen LogP contribution in [0.3, 0.4) is 0 Å². The SMILES string of the molecule is COc1cc([C]=O)cc(OC)c1/N=N/c1c(OC)cc(C(=O)Cl)cc1OC. The molecule has 0 amide bonds. The van der Waals surface area contributed by atoms with E-state index in [9.17, 15) is 9.59 Å². The molecule has 141 valence electrons. The van der Waals surface area contributed by atoms with E-state index in [2.05, 4.69) is 10.2 Å². The number of benzene rings is 2. The zero-order valence-electron chi connectivity index (χ0n) is 15.0. The Kier molecular flexibility index (Phi) is 6.73. The van der Waals surface area contributed by atoms with E-state index >= 15 is 0 Å². The van der Waals surface area contributed by atoms with Crippen LogP contribution in [-0.4, -0.2) is 40.0 Å². The van der Waals surface area contributed by atoms with Gasteiger partial charge in [0, 0.05) is 11.1 Å². The number of ether oxygens (including phenoxy) is 4. The van der Waals surface area contributed by atoms with Crippen molar-refractivity contribution in [1.29, 1.82) is 0 Å². The fourth-order valence-electron chi connectivity index (χ4n) is 2.26. The summed E-state index contributed by atoms with van der Waals surface area (Å²) in [5.41, 5.74) is 0.908. The van der Waals surface area contributed by atoms with Gasteiger partial charge in [-0.15, -0.1) is 10.2 Å². The molecule has 27 heavy (non-hydrogen) atoms. The van der Waals surface area contributed by atoms with Crippen LogP contribution in [0.4, 0.5) is 11.4 Å². The summed E-state index contributed by atoms with van der Waals surface area (Å²) in [5.74, 6) is 1.000. The standard InChI is InChI=1S/C18H16ClN2O6/c1-24-12-5-10(9-22)6-13(25-2)16(12)20-21-17-14(26-3)7-11(18(19)23)8-15(17)27-4/h5-8H,1-4H3/b21-20+. The first-order valence-electron chi connectivity index (χ1n) is 7.50. The Labute approximate surface area is 160 Å². The van der Waals surface area contributed by atoms with Gasteiger partial charge in [0.05, 0.1) is 28.4 Å². The number of carbonyl (C=O) groups excluding carboxylic acids is 2.